The molecule has 0 amide bonds. The van der Waals surface area contributed by atoms with Crippen molar-refractivity contribution in [2.24, 2.45) is 0 Å². The molecule has 0 spiro atoms. The average molecular weight is 417 g/mol. The van der Waals surface area contributed by atoms with E-state index >= 15 is 0 Å². The maximum absolute atomic E-state index is 13.8. The van der Waals surface area contributed by atoms with Gasteiger partial charge >= 0.3 is 0 Å². The van der Waals surface area contributed by atoms with Gasteiger partial charge in [-0.05, 0) is 77.1 Å². The Kier molecular flexibility index (Phi) is 3.80. The molecule has 0 N–H and O–H groups in total. The second-order valence-electron chi connectivity index (χ2n) is 7.41. The van der Waals surface area contributed by atoms with Crippen LogP contribution in [-0.4, -0.2) is 7.11 Å². The molecule has 3 aromatic carbocycles. The summed E-state index contributed by atoms with van der Waals surface area (Å²) in [7, 11) is 1.69. The van der Waals surface area contributed by atoms with Gasteiger partial charge in [-0.1, -0.05) is 24.3 Å². The summed E-state index contributed by atoms with van der Waals surface area (Å²) in [5.74, 6) is 0.896. The molecule has 0 atom stereocenters. The highest BCUT2D eigenvalue weighted by Gasteiger charge is 2.28. The lowest BCUT2D eigenvalue weighted by Crippen LogP contribution is -1.99. The molecule has 0 saturated heterocycles. The van der Waals surface area contributed by atoms with Crippen LogP contribution < -0.4 is 4.74 Å². The van der Waals surface area contributed by atoms with Gasteiger partial charge in [-0.25, -0.2) is 0 Å². The molecule has 29 heavy (non-hydrogen) atoms. The number of ether oxygens (including phenoxy) is 1. The van der Waals surface area contributed by atoms with Crippen LogP contribution in [0.1, 0.15) is 10.4 Å². The van der Waals surface area contributed by atoms with Crippen molar-refractivity contribution < 1.29 is 9.13 Å². The maximum Gasteiger partial charge on any atom is 0.177 e. The predicted molar refractivity (Wildman–Crippen MR) is 122 cm³/mol. The van der Waals surface area contributed by atoms with Gasteiger partial charge in [0.1, 0.15) is 5.75 Å². The van der Waals surface area contributed by atoms with Crippen molar-refractivity contribution in [1.29, 1.82) is 0 Å². The van der Waals surface area contributed by atoms with Gasteiger partial charge in [-0.15, -0.1) is 22.7 Å². The number of methoxy groups -OCH3 is 1. The fourth-order valence-electron chi connectivity index (χ4n) is 4.36. The van der Waals surface area contributed by atoms with Crippen LogP contribution in [0.3, 0.4) is 0 Å². The third kappa shape index (κ3) is 2.63. The number of hydrogen-bond donors (Lipinski definition) is 0. The van der Waals surface area contributed by atoms with E-state index in [1.165, 1.54) is 54.1 Å². The lowest BCUT2D eigenvalue weighted by Gasteiger charge is -2.25. The van der Waals surface area contributed by atoms with E-state index in [0.717, 1.165) is 28.7 Å². The Morgan fingerprint density at radius 2 is 1.41 bits per heavy atom. The monoisotopic (exact) mass is 416 g/mol. The maximum atomic E-state index is 13.8. The lowest BCUT2D eigenvalue weighted by atomic mass is 9.77. The van der Waals surface area contributed by atoms with E-state index in [4.69, 9.17) is 4.74 Å². The Morgan fingerprint density at radius 3 is 2.10 bits per heavy atom. The van der Waals surface area contributed by atoms with Crippen molar-refractivity contribution in [1.82, 2.24) is 0 Å². The molecule has 2 heterocycles. The summed E-state index contributed by atoms with van der Waals surface area (Å²) in [6.45, 7) is 0. The largest absolute Gasteiger partial charge is 0.497 e. The summed E-state index contributed by atoms with van der Waals surface area (Å²) in [6.07, 6.45) is 2.05. The molecule has 0 radical (unpaired) electrons. The van der Waals surface area contributed by atoms with Crippen molar-refractivity contribution >= 4 is 42.8 Å². The number of thiophene rings is 2. The molecular weight excluding hydrogens is 399 g/mol. The third-order valence-electron chi connectivity index (χ3n) is 5.78. The van der Waals surface area contributed by atoms with Crippen molar-refractivity contribution in [3.05, 3.63) is 76.2 Å². The van der Waals surface area contributed by atoms with Crippen LogP contribution in [0.15, 0.2) is 60.7 Å². The van der Waals surface area contributed by atoms with Gasteiger partial charge in [0.2, 0.25) is 0 Å². The second-order valence-corrected chi connectivity index (χ2v) is 9.61. The molecule has 0 bridgehead atoms. The second kappa shape index (κ2) is 6.41. The summed E-state index contributed by atoms with van der Waals surface area (Å²) < 4.78 is 21.4. The Bertz CT molecular complexity index is 1390. The van der Waals surface area contributed by atoms with Crippen molar-refractivity contribution in [3.63, 3.8) is 0 Å². The normalized spacial score (nSPS) is 12.1. The Morgan fingerprint density at radius 1 is 0.759 bits per heavy atom. The molecule has 2 aromatic heterocycles. The van der Waals surface area contributed by atoms with E-state index in [1.807, 2.05) is 23.5 Å². The Labute approximate surface area is 176 Å². The van der Waals surface area contributed by atoms with Crippen LogP contribution in [0.4, 0.5) is 4.39 Å². The molecule has 1 nitrogen and oxygen atoms in total. The van der Waals surface area contributed by atoms with Crippen molar-refractivity contribution in [3.8, 4) is 28.0 Å². The van der Waals surface area contributed by atoms with Crippen LogP contribution in [-0.2, 0) is 12.8 Å². The molecule has 1 aliphatic rings. The van der Waals surface area contributed by atoms with E-state index in [2.05, 4.69) is 42.5 Å². The first-order valence-corrected chi connectivity index (χ1v) is 11.3. The van der Waals surface area contributed by atoms with E-state index in [0.29, 0.717) is 0 Å². The third-order valence-corrected chi connectivity index (χ3v) is 7.83. The van der Waals surface area contributed by atoms with E-state index in [1.54, 1.807) is 13.2 Å². The fraction of sp³-hybridized carbons (Fsp3) is 0.120. The minimum Gasteiger partial charge on any atom is -0.497 e. The Balaban J connectivity index is 1.34. The molecule has 6 rings (SSSR count). The molecule has 0 aliphatic heterocycles. The molecule has 4 heteroatoms. The fourth-order valence-corrected chi connectivity index (χ4v) is 6.23. The number of benzene rings is 3. The van der Waals surface area contributed by atoms with Crippen LogP contribution in [0.2, 0.25) is 0 Å². The first kappa shape index (κ1) is 17.2. The van der Waals surface area contributed by atoms with Gasteiger partial charge in [0, 0.05) is 25.0 Å². The number of aryl methyl sites for hydroxylation is 2. The average Bonchev–Trinajstić information content (AvgIpc) is 3.30. The zero-order chi connectivity index (χ0) is 19.5. The highest BCUT2D eigenvalue weighted by Crippen LogP contribution is 2.55. The number of hydrogen-bond acceptors (Lipinski definition) is 3. The molecule has 1 aliphatic carbocycles. The SMILES string of the molecule is COc1ccc(CCc2cc3c4c(ccc3s2)-c2c-4ccc3sc(F)cc23)cc1. The van der Waals surface area contributed by atoms with Gasteiger partial charge in [0.15, 0.2) is 5.13 Å². The molecule has 5 aromatic rings. The number of fused-ring (bicyclic) bond motifs is 8. The molecule has 0 saturated carbocycles. The lowest BCUT2D eigenvalue weighted by molar-refractivity contribution is 0.414. The smallest absolute Gasteiger partial charge is 0.177 e. The first-order valence-electron chi connectivity index (χ1n) is 9.62. The van der Waals surface area contributed by atoms with Crippen LogP contribution in [0.25, 0.3) is 42.4 Å². The van der Waals surface area contributed by atoms with Crippen LogP contribution in [0, 0.1) is 5.13 Å². The topological polar surface area (TPSA) is 9.23 Å². The minimum atomic E-state index is -0.112. The summed E-state index contributed by atoms with van der Waals surface area (Å²) >= 11 is 3.11. The highest BCUT2D eigenvalue weighted by atomic mass is 32.1. The summed E-state index contributed by atoms with van der Waals surface area (Å²) in [5, 5.41) is 2.27. The van der Waals surface area contributed by atoms with Gasteiger partial charge in [0.05, 0.1) is 7.11 Å². The van der Waals surface area contributed by atoms with Crippen LogP contribution in [0.5, 0.6) is 5.75 Å². The zero-order valence-corrected chi connectivity index (χ0v) is 17.4. The van der Waals surface area contributed by atoms with Crippen LogP contribution >= 0.6 is 22.7 Å². The zero-order valence-electron chi connectivity index (χ0n) is 15.8. The highest BCUT2D eigenvalue weighted by molar-refractivity contribution is 7.19. The summed E-state index contributed by atoms with van der Waals surface area (Å²) in [5.41, 5.74) is 6.39. The van der Waals surface area contributed by atoms with E-state index < -0.39 is 0 Å². The minimum absolute atomic E-state index is 0.112. The molecule has 142 valence electrons. The quantitative estimate of drug-likeness (QED) is 0.286. The number of halogens is 1. The first-order chi connectivity index (χ1) is 14.2. The van der Waals surface area contributed by atoms with E-state index in [-0.39, 0.29) is 5.13 Å². The van der Waals surface area contributed by atoms with Crippen molar-refractivity contribution in [2.75, 3.05) is 7.11 Å². The van der Waals surface area contributed by atoms with E-state index in [9.17, 15) is 4.39 Å². The standard InChI is InChI=1S/C25H17FOS2/c1-27-15-5-2-14(3-6-15)4-7-16-12-19-21(28-16)10-8-17-24(19)18-9-11-22-20(25(17)18)13-23(26)29-22/h2-3,5-6,8-13H,4,7H2,1H3. The van der Waals surface area contributed by atoms with Gasteiger partial charge in [-0.3, -0.25) is 0 Å². The summed E-state index contributed by atoms with van der Waals surface area (Å²) in [4.78, 5) is 1.40. The number of rotatable bonds is 4. The molecule has 0 unspecified atom stereocenters. The summed E-state index contributed by atoms with van der Waals surface area (Å²) in [6, 6.07) is 21.0. The molecular formula is C25H17FOS2. The predicted octanol–water partition coefficient (Wildman–Crippen LogP) is 7.70. The van der Waals surface area contributed by atoms with Crippen molar-refractivity contribution in [2.45, 2.75) is 12.8 Å². The van der Waals surface area contributed by atoms with Gasteiger partial charge in [0.25, 0.3) is 0 Å². The Hall–Kier alpha value is -2.69. The van der Waals surface area contributed by atoms with Gasteiger partial charge in [-0.2, -0.15) is 4.39 Å². The molecule has 0 fully saturated rings. The van der Waals surface area contributed by atoms with Gasteiger partial charge < -0.3 is 4.74 Å².